The highest BCUT2D eigenvalue weighted by atomic mass is 32.1. The van der Waals surface area contributed by atoms with Crippen LogP contribution in [0.1, 0.15) is 23.1 Å². The van der Waals surface area contributed by atoms with Gasteiger partial charge in [0.1, 0.15) is 10.7 Å². The number of fused-ring (bicyclic) bond motifs is 1. The molecule has 4 rings (SSSR count). The SMILES string of the molecule is Cc1ccc(C#CC(C)(O)c2nccs2)cc1-n1ccc2cnc(N)nc21. The van der Waals surface area contributed by atoms with Gasteiger partial charge < -0.3 is 15.4 Å². The average molecular weight is 375 g/mol. The third-order valence-corrected chi connectivity index (χ3v) is 5.20. The van der Waals surface area contributed by atoms with Crippen molar-refractivity contribution in [2.24, 2.45) is 0 Å². The molecule has 0 bridgehead atoms. The van der Waals surface area contributed by atoms with Crippen molar-refractivity contribution in [3.05, 3.63) is 64.4 Å². The fourth-order valence-electron chi connectivity index (χ4n) is 2.78. The van der Waals surface area contributed by atoms with Crippen molar-refractivity contribution < 1.29 is 5.11 Å². The number of aliphatic hydroxyl groups is 1. The number of aromatic nitrogens is 4. The number of hydrogen-bond acceptors (Lipinski definition) is 6. The molecule has 0 saturated carbocycles. The number of nitrogens with zero attached hydrogens (tertiary/aromatic N) is 4. The quantitative estimate of drug-likeness (QED) is 0.526. The van der Waals surface area contributed by atoms with Gasteiger partial charge in [-0.05, 0) is 37.6 Å². The van der Waals surface area contributed by atoms with E-state index in [1.807, 2.05) is 47.3 Å². The van der Waals surface area contributed by atoms with Crippen LogP contribution in [0.25, 0.3) is 16.7 Å². The number of nitrogen functional groups attached to an aromatic ring is 1. The van der Waals surface area contributed by atoms with Crippen molar-refractivity contribution in [2.45, 2.75) is 19.4 Å². The Labute approximate surface area is 160 Å². The molecule has 1 unspecified atom stereocenters. The highest BCUT2D eigenvalue weighted by Crippen LogP contribution is 2.24. The molecule has 0 radical (unpaired) electrons. The molecule has 3 N–H and O–H groups in total. The minimum Gasteiger partial charge on any atom is -0.371 e. The lowest BCUT2D eigenvalue weighted by molar-refractivity contribution is 0.122. The summed E-state index contributed by atoms with van der Waals surface area (Å²) in [6.45, 7) is 3.67. The van der Waals surface area contributed by atoms with E-state index in [-0.39, 0.29) is 5.95 Å². The zero-order chi connectivity index (χ0) is 19.0. The maximum Gasteiger partial charge on any atom is 0.221 e. The molecule has 4 aromatic rings. The van der Waals surface area contributed by atoms with E-state index < -0.39 is 5.60 Å². The Morgan fingerprint density at radius 1 is 1.26 bits per heavy atom. The Kier molecular flexibility index (Phi) is 4.15. The van der Waals surface area contributed by atoms with E-state index in [0.29, 0.717) is 5.01 Å². The van der Waals surface area contributed by atoms with Crippen molar-refractivity contribution >= 4 is 28.3 Å². The number of rotatable bonds is 2. The summed E-state index contributed by atoms with van der Waals surface area (Å²) in [4.78, 5) is 12.5. The predicted octanol–water partition coefficient (Wildman–Crippen LogP) is 3.03. The first-order valence-corrected chi connectivity index (χ1v) is 9.18. The summed E-state index contributed by atoms with van der Waals surface area (Å²) >= 11 is 1.38. The molecule has 3 aromatic heterocycles. The molecule has 27 heavy (non-hydrogen) atoms. The van der Waals surface area contributed by atoms with Crippen LogP contribution in [0.3, 0.4) is 0 Å². The smallest absolute Gasteiger partial charge is 0.221 e. The van der Waals surface area contributed by atoms with Crippen molar-refractivity contribution in [3.8, 4) is 17.5 Å². The van der Waals surface area contributed by atoms with Gasteiger partial charge in [-0.25, -0.2) is 9.97 Å². The van der Waals surface area contributed by atoms with Gasteiger partial charge >= 0.3 is 0 Å². The molecule has 0 aliphatic heterocycles. The second kappa shape index (κ2) is 6.50. The van der Waals surface area contributed by atoms with Crippen molar-refractivity contribution in [1.29, 1.82) is 0 Å². The average Bonchev–Trinajstić information content (AvgIpc) is 3.31. The van der Waals surface area contributed by atoms with Gasteiger partial charge in [-0.15, -0.1) is 11.3 Å². The minimum atomic E-state index is -1.29. The monoisotopic (exact) mass is 375 g/mol. The lowest BCUT2D eigenvalue weighted by Gasteiger charge is -2.12. The molecule has 0 aliphatic rings. The molecule has 0 amide bonds. The molecule has 6 nitrogen and oxygen atoms in total. The highest BCUT2D eigenvalue weighted by molar-refractivity contribution is 7.09. The largest absolute Gasteiger partial charge is 0.371 e. The van der Waals surface area contributed by atoms with Gasteiger partial charge in [-0.2, -0.15) is 4.98 Å². The van der Waals surface area contributed by atoms with E-state index >= 15 is 0 Å². The summed E-state index contributed by atoms with van der Waals surface area (Å²) < 4.78 is 1.97. The van der Waals surface area contributed by atoms with Crippen molar-refractivity contribution in [2.75, 3.05) is 5.73 Å². The van der Waals surface area contributed by atoms with Gasteiger partial charge in [0, 0.05) is 34.9 Å². The second-order valence-corrected chi connectivity index (χ2v) is 7.25. The van der Waals surface area contributed by atoms with E-state index in [0.717, 1.165) is 27.8 Å². The van der Waals surface area contributed by atoms with Crippen LogP contribution < -0.4 is 5.73 Å². The van der Waals surface area contributed by atoms with Gasteiger partial charge in [-0.3, -0.25) is 0 Å². The maximum absolute atomic E-state index is 10.6. The Bertz CT molecular complexity index is 1180. The summed E-state index contributed by atoms with van der Waals surface area (Å²) in [6, 6.07) is 7.84. The Morgan fingerprint density at radius 3 is 2.89 bits per heavy atom. The summed E-state index contributed by atoms with van der Waals surface area (Å²) in [6.07, 6.45) is 5.30. The molecular weight excluding hydrogens is 358 g/mol. The lowest BCUT2D eigenvalue weighted by atomic mass is 10.1. The summed E-state index contributed by atoms with van der Waals surface area (Å²) in [7, 11) is 0. The number of hydrogen-bond donors (Lipinski definition) is 2. The topological polar surface area (TPSA) is 89.9 Å². The van der Waals surface area contributed by atoms with Crippen LogP contribution >= 0.6 is 11.3 Å². The van der Waals surface area contributed by atoms with Crippen LogP contribution in [-0.2, 0) is 5.60 Å². The van der Waals surface area contributed by atoms with E-state index in [2.05, 4.69) is 26.8 Å². The third-order valence-electron chi connectivity index (χ3n) is 4.21. The summed E-state index contributed by atoms with van der Waals surface area (Å²) in [5, 5.41) is 13.9. The summed E-state index contributed by atoms with van der Waals surface area (Å²) in [5.74, 6) is 6.20. The van der Waals surface area contributed by atoms with Gasteiger partial charge in [0.2, 0.25) is 5.95 Å². The van der Waals surface area contributed by atoms with Gasteiger partial charge in [0.25, 0.3) is 0 Å². The summed E-state index contributed by atoms with van der Waals surface area (Å²) in [5.41, 5.74) is 8.01. The Balaban J connectivity index is 1.77. The minimum absolute atomic E-state index is 0.232. The van der Waals surface area contributed by atoms with Crippen molar-refractivity contribution in [3.63, 3.8) is 0 Å². The maximum atomic E-state index is 10.6. The number of anilines is 1. The lowest BCUT2D eigenvalue weighted by Crippen LogP contribution is -2.17. The Hall–Kier alpha value is -3.21. The van der Waals surface area contributed by atoms with E-state index in [1.54, 1.807) is 19.3 Å². The van der Waals surface area contributed by atoms with Gasteiger partial charge in [-0.1, -0.05) is 17.9 Å². The van der Waals surface area contributed by atoms with Crippen molar-refractivity contribution in [1.82, 2.24) is 19.5 Å². The van der Waals surface area contributed by atoms with Crippen LogP contribution in [0.4, 0.5) is 5.95 Å². The van der Waals surface area contributed by atoms with Crippen LogP contribution in [0.15, 0.2) is 48.2 Å². The molecule has 0 spiro atoms. The highest BCUT2D eigenvalue weighted by Gasteiger charge is 2.22. The van der Waals surface area contributed by atoms with Crippen LogP contribution in [0.5, 0.6) is 0 Å². The first-order chi connectivity index (χ1) is 12.9. The number of nitrogens with two attached hydrogens (primary N) is 1. The van der Waals surface area contributed by atoms with Crippen LogP contribution in [0, 0.1) is 18.8 Å². The molecule has 134 valence electrons. The molecule has 1 aromatic carbocycles. The molecule has 3 heterocycles. The Morgan fingerprint density at radius 2 is 2.11 bits per heavy atom. The third kappa shape index (κ3) is 3.28. The molecule has 1 atom stereocenters. The van der Waals surface area contributed by atoms with E-state index in [1.165, 1.54) is 11.3 Å². The fourth-order valence-corrected chi connectivity index (χ4v) is 3.44. The molecule has 7 heteroatoms. The number of benzene rings is 1. The molecular formula is C20H17N5OS. The zero-order valence-electron chi connectivity index (χ0n) is 14.8. The van der Waals surface area contributed by atoms with Gasteiger partial charge in [0.15, 0.2) is 5.60 Å². The zero-order valence-corrected chi connectivity index (χ0v) is 15.7. The molecule has 0 fully saturated rings. The first-order valence-electron chi connectivity index (χ1n) is 8.30. The van der Waals surface area contributed by atoms with E-state index in [4.69, 9.17) is 5.73 Å². The molecule has 0 saturated heterocycles. The first kappa shape index (κ1) is 17.2. The number of aryl methyl sites for hydroxylation is 1. The predicted molar refractivity (Wildman–Crippen MR) is 107 cm³/mol. The van der Waals surface area contributed by atoms with Crippen LogP contribution in [0.2, 0.25) is 0 Å². The van der Waals surface area contributed by atoms with Crippen LogP contribution in [-0.4, -0.2) is 24.6 Å². The fraction of sp³-hybridized carbons (Fsp3) is 0.150. The van der Waals surface area contributed by atoms with E-state index in [9.17, 15) is 5.11 Å². The van der Waals surface area contributed by atoms with Gasteiger partial charge in [0.05, 0.1) is 5.69 Å². The number of thiazole rings is 1. The molecule has 0 aliphatic carbocycles. The normalized spacial score (nSPS) is 13.1. The second-order valence-electron chi connectivity index (χ2n) is 6.35. The standard InChI is InChI=1S/C20H17N5OS/c1-13-3-4-14(5-7-20(2,26)18-22-8-10-27-18)11-16(13)25-9-6-15-12-23-19(21)24-17(15)25/h3-4,6,8-12,26H,1-2H3,(H2,21,23,24).